The van der Waals surface area contributed by atoms with Crippen LogP contribution in [0.4, 0.5) is 5.82 Å². The fraction of sp³-hybridized carbons (Fsp3) is 0.346. The van der Waals surface area contributed by atoms with Crippen LogP contribution in [0.3, 0.4) is 0 Å². The van der Waals surface area contributed by atoms with Crippen molar-refractivity contribution >= 4 is 22.8 Å². The molecule has 166 valence electrons. The Morgan fingerprint density at radius 1 is 1.22 bits per heavy atom. The first kappa shape index (κ1) is 22.0. The van der Waals surface area contributed by atoms with Crippen molar-refractivity contribution in [3.63, 3.8) is 0 Å². The summed E-state index contributed by atoms with van der Waals surface area (Å²) in [6.45, 7) is 8.02. The molecule has 6 nitrogen and oxygen atoms in total. The molecule has 0 saturated carbocycles. The summed E-state index contributed by atoms with van der Waals surface area (Å²) in [5.41, 5.74) is 7.25. The zero-order chi connectivity index (χ0) is 22.5. The van der Waals surface area contributed by atoms with Crippen LogP contribution in [0, 0.1) is 0 Å². The van der Waals surface area contributed by atoms with Gasteiger partial charge in [-0.1, -0.05) is 30.9 Å². The van der Waals surface area contributed by atoms with Gasteiger partial charge in [0.2, 0.25) is 0 Å². The van der Waals surface area contributed by atoms with Crippen LogP contribution in [0.1, 0.15) is 37.3 Å². The molecule has 1 saturated heterocycles. The maximum atomic E-state index is 5.07. The number of benzene rings is 1. The van der Waals surface area contributed by atoms with E-state index in [0.29, 0.717) is 6.04 Å². The van der Waals surface area contributed by atoms with E-state index in [1.165, 1.54) is 6.42 Å². The first-order chi connectivity index (χ1) is 15.5. The molecular weight excluding hydrogens is 396 g/mol. The van der Waals surface area contributed by atoms with Crippen molar-refractivity contribution in [3.8, 4) is 11.3 Å². The van der Waals surface area contributed by atoms with Gasteiger partial charge in [0.1, 0.15) is 5.82 Å². The Hall–Kier alpha value is -3.25. The fourth-order valence-corrected chi connectivity index (χ4v) is 4.12. The summed E-state index contributed by atoms with van der Waals surface area (Å²) in [5.74, 6) is 0.887. The summed E-state index contributed by atoms with van der Waals surface area (Å²) in [6, 6.07) is 13.0. The minimum absolute atomic E-state index is 0.357. The van der Waals surface area contributed by atoms with Crippen LogP contribution in [-0.2, 0) is 0 Å². The minimum Gasteiger partial charge on any atom is -0.383 e. The second-order valence-electron chi connectivity index (χ2n) is 8.67. The lowest BCUT2D eigenvalue weighted by molar-refractivity contribution is 0.479. The third-order valence-corrected chi connectivity index (χ3v) is 5.72. The van der Waals surface area contributed by atoms with E-state index in [1.54, 1.807) is 0 Å². The van der Waals surface area contributed by atoms with Gasteiger partial charge in [0.25, 0.3) is 0 Å². The van der Waals surface area contributed by atoms with Crippen molar-refractivity contribution in [3.05, 3.63) is 66.4 Å². The molecule has 3 heterocycles. The van der Waals surface area contributed by atoms with Crippen molar-refractivity contribution in [2.24, 2.45) is 10.2 Å². The topological polar surface area (TPSA) is 64.9 Å². The lowest BCUT2D eigenvalue weighted by atomic mass is 10.00. The molecule has 0 amide bonds. The van der Waals surface area contributed by atoms with Crippen molar-refractivity contribution in [2.75, 3.05) is 32.5 Å². The Bertz CT molecular complexity index is 1070. The molecule has 4 rings (SSSR count). The Morgan fingerprint density at radius 3 is 2.78 bits per heavy atom. The van der Waals surface area contributed by atoms with Gasteiger partial charge < -0.3 is 15.5 Å². The van der Waals surface area contributed by atoms with Crippen molar-refractivity contribution in [2.45, 2.75) is 32.2 Å². The lowest BCUT2D eigenvalue weighted by Gasteiger charge is -2.25. The summed E-state index contributed by atoms with van der Waals surface area (Å²) >= 11 is 0. The predicted octanol–water partition coefficient (Wildman–Crippen LogP) is 4.57. The van der Waals surface area contributed by atoms with E-state index >= 15 is 0 Å². The smallest absolute Gasteiger partial charge is 0.136 e. The van der Waals surface area contributed by atoms with Gasteiger partial charge >= 0.3 is 0 Å². The van der Waals surface area contributed by atoms with Crippen molar-refractivity contribution in [1.29, 1.82) is 0 Å². The van der Waals surface area contributed by atoms with Crippen LogP contribution in [-0.4, -0.2) is 54.5 Å². The Labute approximate surface area is 190 Å². The molecule has 0 radical (unpaired) electrons. The second-order valence-corrected chi connectivity index (χ2v) is 8.67. The summed E-state index contributed by atoms with van der Waals surface area (Å²) in [4.78, 5) is 7.10. The van der Waals surface area contributed by atoms with Gasteiger partial charge in [0.05, 0.1) is 11.4 Å². The monoisotopic (exact) mass is 428 g/mol. The lowest BCUT2D eigenvalue weighted by Crippen LogP contribution is -2.39. The predicted molar refractivity (Wildman–Crippen MR) is 135 cm³/mol. The molecule has 2 aromatic rings. The zero-order valence-corrected chi connectivity index (χ0v) is 19.2. The van der Waals surface area contributed by atoms with Crippen molar-refractivity contribution < 1.29 is 0 Å². The number of pyridine rings is 1. The quantitative estimate of drug-likeness (QED) is 0.634. The highest BCUT2D eigenvalue weighted by Gasteiger charge is 2.20. The van der Waals surface area contributed by atoms with Crippen molar-refractivity contribution in [1.82, 2.24) is 15.2 Å². The number of hydrogen-bond donors (Lipinski definition) is 2. The highest BCUT2D eigenvalue weighted by molar-refractivity contribution is 6.16. The molecule has 1 aromatic heterocycles. The van der Waals surface area contributed by atoms with Crippen LogP contribution in [0.5, 0.6) is 0 Å². The van der Waals surface area contributed by atoms with E-state index in [4.69, 9.17) is 4.98 Å². The molecular formula is C26H32N6. The van der Waals surface area contributed by atoms with Gasteiger partial charge in [0.15, 0.2) is 0 Å². The average molecular weight is 429 g/mol. The number of nitrogens with zero attached hydrogens (tertiary/aromatic N) is 4. The van der Waals surface area contributed by atoms with E-state index < -0.39 is 0 Å². The van der Waals surface area contributed by atoms with E-state index in [2.05, 4.69) is 70.0 Å². The largest absolute Gasteiger partial charge is 0.383 e. The molecule has 2 aliphatic rings. The minimum atomic E-state index is 0.357. The molecule has 1 unspecified atom stereocenters. The molecule has 0 spiro atoms. The van der Waals surface area contributed by atoms with Crippen LogP contribution >= 0.6 is 0 Å². The molecule has 32 heavy (non-hydrogen) atoms. The van der Waals surface area contributed by atoms with Gasteiger partial charge in [-0.3, -0.25) is 0 Å². The number of hydrogen-bond acceptors (Lipinski definition) is 6. The normalized spacial score (nSPS) is 18.7. The number of anilines is 1. The third-order valence-electron chi connectivity index (χ3n) is 5.72. The summed E-state index contributed by atoms with van der Waals surface area (Å²) in [7, 11) is 4.03. The fourth-order valence-electron chi connectivity index (χ4n) is 4.12. The second kappa shape index (κ2) is 9.92. The number of rotatable bonds is 7. The molecule has 0 bridgehead atoms. The molecule has 2 aliphatic heterocycles. The van der Waals surface area contributed by atoms with Crippen LogP contribution in [0.2, 0.25) is 0 Å². The molecule has 1 atom stereocenters. The SMILES string of the molecule is C=C/C(=C\N(C)C)c1cccc(-c2ccc(C3=NN=C(C)C3)c(NC3CCCNC3)n2)c1. The molecule has 1 fully saturated rings. The Balaban J connectivity index is 1.70. The van der Waals surface area contributed by atoms with Gasteiger partial charge in [-0.2, -0.15) is 10.2 Å². The van der Waals surface area contributed by atoms with Crippen LogP contribution in [0.15, 0.2) is 65.5 Å². The van der Waals surface area contributed by atoms with E-state index in [0.717, 1.165) is 71.1 Å². The highest BCUT2D eigenvalue weighted by Crippen LogP contribution is 2.28. The summed E-state index contributed by atoms with van der Waals surface area (Å²) in [6.07, 6.45) is 7.03. The highest BCUT2D eigenvalue weighted by atomic mass is 15.2. The average Bonchev–Trinajstić information content (AvgIpc) is 3.24. The van der Waals surface area contributed by atoms with Crippen LogP contribution in [0.25, 0.3) is 16.8 Å². The molecule has 6 heteroatoms. The Kier molecular flexibility index (Phi) is 6.81. The number of allylic oxidation sites excluding steroid dienone is 2. The number of aromatic nitrogens is 1. The molecule has 2 N–H and O–H groups in total. The number of nitrogens with one attached hydrogen (secondary N) is 2. The summed E-state index contributed by atoms with van der Waals surface area (Å²) in [5, 5.41) is 15.8. The summed E-state index contributed by atoms with van der Waals surface area (Å²) < 4.78 is 0. The van der Waals surface area contributed by atoms with E-state index in [-0.39, 0.29) is 0 Å². The van der Waals surface area contributed by atoms with E-state index in [1.807, 2.05) is 32.0 Å². The maximum absolute atomic E-state index is 5.07. The standard InChI is InChI=1S/C26H32N6/c1-5-19(17-32(3)4)20-8-6-9-21(15-20)24-12-11-23(25-14-18(2)30-31-25)26(29-24)28-22-10-7-13-27-16-22/h5-6,8-9,11-12,15,17,22,27H,1,7,10,13-14,16H2,2-4H3,(H,28,29)/b19-17+. The first-order valence-electron chi connectivity index (χ1n) is 11.2. The third kappa shape index (κ3) is 5.14. The van der Waals surface area contributed by atoms with Crippen LogP contribution < -0.4 is 10.6 Å². The zero-order valence-electron chi connectivity index (χ0n) is 19.2. The van der Waals surface area contributed by atoms with Gasteiger partial charge in [-0.15, -0.1) is 0 Å². The molecule has 0 aliphatic carbocycles. The van der Waals surface area contributed by atoms with Gasteiger partial charge in [0, 0.05) is 56.1 Å². The van der Waals surface area contributed by atoms with Gasteiger partial charge in [-0.05, 0) is 55.6 Å². The van der Waals surface area contributed by atoms with E-state index in [9.17, 15) is 0 Å². The maximum Gasteiger partial charge on any atom is 0.136 e. The number of piperidine rings is 1. The molecule has 1 aromatic carbocycles. The van der Waals surface area contributed by atoms with Gasteiger partial charge in [-0.25, -0.2) is 4.98 Å². The first-order valence-corrected chi connectivity index (χ1v) is 11.2. The Morgan fingerprint density at radius 2 is 2.09 bits per heavy atom.